The van der Waals surface area contributed by atoms with Crippen LogP contribution in [-0.2, 0) is 0 Å². The van der Waals surface area contributed by atoms with Crippen molar-refractivity contribution in [2.75, 3.05) is 32.2 Å². The van der Waals surface area contributed by atoms with Gasteiger partial charge >= 0.3 is 0 Å². The van der Waals surface area contributed by atoms with Gasteiger partial charge < -0.3 is 4.90 Å². The van der Waals surface area contributed by atoms with E-state index >= 15 is 0 Å². The van der Waals surface area contributed by atoms with Gasteiger partial charge in [-0.05, 0) is 20.5 Å². The minimum absolute atomic E-state index is 0.392. The maximum atomic E-state index is 5.86. The van der Waals surface area contributed by atoms with E-state index in [1.807, 2.05) is 14.1 Å². The van der Waals surface area contributed by atoms with Crippen molar-refractivity contribution in [1.82, 2.24) is 20.1 Å². The Balaban J connectivity index is 2.56. The van der Waals surface area contributed by atoms with Crippen molar-refractivity contribution in [3.8, 4) is 0 Å². The average molecular weight is 226 g/mol. The molecule has 0 radical (unpaired) electrons. The summed E-state index contributed by atoms with van der Waals surface area (Å²) in [7, 11) is 4.02. The molecule has 6 nitrogen and oxygen atoms in total. The Morgan fingerprint density at radius 2 is 2.06 bits per heavy atom. The number of rotatable bonds is 6. The van der Waals surface area contributed by atoms with Crippen molar-refractivity contribution in [3.05, 3.63) is 5.82 Å². The molecule has 0 aliphatic rings. The number of aromatic nitrogens is 3. The first kappa shape index (κ1) is 12.9. The zero-order chi connectivity index (χ0) is 12.1. The molecule has 6 heteroatoms. The third-order valence-corrected chi connectivity index (χ3v) is 2.62. The normalized spacial score (nSPS) is 13.1. The minimum Gasteiger partial charge on any atom is -0.308 e. The lowest BCUT2D eigenvalue weighted by Gasteiger charge is -2.17. The van der Waals surface area contributed by atoms with Crippen molar-refractivity contribution in [1.29, 1.82) is 0 Å². The molecule has 1 aromatic heterocycles. The molecule has 0 aliphatic carbocycles. The molecule has 1 rings (SSSR count). The van der Waals surface area contributed by atoms with Crippen LogP contribution in [0.15, 0.2) is 0 Å². The first-order valence-corrected chi connectivity index (χ1v) is 5.63. The van der Waals surface area contributed by atoms with Crippen molar-refractivity contribution in [2.24, 2.45) is 5.84 Å². The molecular weight excluding hydrogens is 204 g/mol. The Hall–Kier alpha value is -1.14. The summed E-state index contributed by atoms with van der Waals surface area (Å²) in [5.74, 6) is 7.72. The van der Waals surface area contributed by atoms with E-state index in [9.17, 15) is 0 Å². The van der Waals surface area contributed by atoms with Crippen LogP contribution in [0.25, 0.3) is 0 Å². The molecule has 1 atom stereocenters. The molecule has 0 fully saturated rings. The fourth-order valence-corrected chi connectivity index (χ4v) is 1.21. The van der Waals surface area contributed by atoms with E-state index in [-0.39, 0.29) is 0 Å². The molecule has 0 saturated heterocycles. The molecule has 16 heavy (non-hydrogen) atoms. The van der Waals surface area contributed by atoms with Gasteiger partial charge in [0.05, 0.1) is 6.54 Å². The van der Waals surface area contributed by atoms with E-state index < -0.39 is 0 Å². The van der Waals surface area contributed by atoms with Crippen molar-refractivity contribution >= 4 is 5.95 Å². The van der Waals surface area contributed by atoms with E-state index in [0.717, 1.165) is 18.8 Å². The lowest BCUT2D eigenvalue weighted by atomic mass is 10.1. The molecule has 0 aromatic carbocycles. The number of nitrogens with one attached hydrogen (secondary N) is 1. The zero-order valence-corrected chi connectivity index (χ0v) is 10.6. The SMILES string of the molecule is CCC(C)c1nc(N(N)CCN(C)C)n[nH]1. The van der Waals surface area contributed by atoms with Crippen molar-refractivity contribution < 1.29 is 0 Å². The summed E-state index contributed by atoms with van der Waals surface area (Å²) >= 11 is 0. The van der Waals surface area contributed by atoms with E-state index in [4.69, 9.17) is 5.84 Å². The molecule has 1 aromatic rings. The topological polar surface area (TPSA) is 74.1 Å². The van der Waals surface area contributed by atoms with E-state index in [1.165, 1.54) is 0 Å². The molecule has 1 unspecified atom stereocenters. The first-order valence-electron chi connectivity index (χ1n) is 5.63. The third-order valence-electron chi connectivity index (χ3n) is 2.62. The summed E-state index contributed by atoms with van der Waals surface area (Å²) < 4.78 is 0. The molecule has 0 amide bonds. The molecule has 0 aliphatic heterocycles. The van der Waals surface area contributed by atoms with Gasteiger partial charge in [-0.15, -0.1) is 5.10 Å². The highest BCUT2D eigenvalue weighted by molar-refractivity contribution is 5.26. The van der Waals surface area contributed by atoms with Gasteiger partial charge in [0.25, 0.3) is 5.95 Å². The van der Waals surface area contributed by atoms with Gasteiger partial charge in [-0.3, -0.25) is 10.1 Å². The summed E-state index contributed by atoms with van der Waals surface area (Å²) in [6, 6.07) is 0. The number of anilines is 1. The first-order chi connectivity index (χ1) is 7.54. The summed E-state index contributed by atoms with van der Waals surface area (Å²) in [5, 5.41) is 8.61. The van der Waals surface area contributed by atoms with Gasteiger partial charge in [0.15, 0.2) is 0 Å². The van der Waals surface area contributed by atoms with Crippen LogP contribution in [0.1, 0.15) is 32.0 Å². The van der Waals surface area contributed by atoms with Crippen molar-refractivity contribution in [2.45, 2.75) is 26.2 Å². The quantitative estimate of drug-likeness (QED) is 0.547. The standard InChI is InChI=1S/C10H22N6/c1-5-8(2)9-12-10(14-13-9)16(11)7-6-15(3)4/h8H,5-7,11H2,1-4H3,(H,12,13,14). The Labute approximate surface area is 96.8 Å². The summed E-state index contributed by atoms with van der Waals surface area (Å²) in [4.78, 5) is 6.45. The second-order valence-electron chi connectivity index (χ2n) is 4.33. The van der Waals surface area contributed by atoms with E-state index in [2.05, 4.69) is 33.9 Å². The third kappa shape index (κ3) is 3.46. The monoisotopic (exact) mass is 226 g/mol. The predicted octanol–water partition coefficient (Wildman–Crippen LogP) is 0.560. The van der Waals surface area contributed by atoms with Crippen molar-refractivity contribution in [3.63, 3.8) is 0 Å². The number of likely N-dealkylation sites (N-methyl/N-ethyl adjacent to an activating group) is 1. The molecule has 0 bridgehead atoms. The number of hydrazine groups is 1. The Kier molecular flexibility index (Phi) is 4.70. The second-order valence-corrected chi connectivity index (χ2v) is 4.33. The smallest absolute Gasteiger partial charge is 0.258 e. The van der Waals surface area contributed by atoms with Crippen LogP contribution < -0.4 is 10.9 Å². The summed E-state index contributed by atoms with van der Waals surface area (Å²) in [6.07, 6.45) is 1.04. The van der Waals surface area contributed by atoms with E-state index in [1.54, 1.807) is 5.01 Å². The second kappa shape index (κ2) is 5.81. The van der Waals surface area contributed by atoms with Crippen LogP contribution in [0.4, 0.5) is 5.95 Å². The number of H-pyrrole nitrogens is 1. The molecule has 92 valence electrons. The number of hydrogen-bond donors (Lipinski definition) is 2. The molecule has 1 heterocycles. The summed E-state index contributed by atoms with van der Waals surface area (Å²) in [5.41, 5.74) is 0. The summed E-state index contributed by atoms with van der Waals surface area (Å²) in [6.45, 7) is 5.83. The number of nitrogens with zero attached hydrogens (tertiary/aromatic N) is 4. The lowest BCUT2D eigenvalue weighted by molar-refractivity contribution is 0.413. The van der Waals surface area contributed by atoms with Crippen LogP contribution in [-0.4, -0.2) is 47.3 Å². The highest BCUT2D eigenvalue weighted by atomic mass is 15.5. The maximum Gasteiger partial charge on any atom is 0.258 e. The largest absolute Gasteiger partial charge is 0.308 e. The maximum absolute atomic E-state index is 5.86. The highest BCUT2D eigenvalue weighted by Gasteiger charge is 2.12. The molecule has 3 N–H and O–H groups in total. The molecule has 0 spiro atoms. The Bertz CT molecular complexity index is 308. The van der Waals surface area contributed by atoms with Crippen LogP contribution in [0.3, 0.4) is 0 Å². The molecule has 0 saturated carbocycles. The van der Waals surface area contributed by atoms with Gasteiger partial charge in [-0.2, -0.15) is 4.98 Å². The average Bonchev–Trinajstić information content (AvgIpc) is 2.74. The minimum atomic E-state index is 0.392. The Morgan fingerprint density at radius 1 is 1.38 bits per heavy atom. The van der Waals surface area contributed by atoms with Crippen LogP contribution >= 0.6 is 0 Å². The number of nitrogens with two attached hydrogens (primary N) is 1. The number of aromatic amines is 1. The fourth-order valence-electron chi connectivity index (χ4n) is 1.21. The predicted molar refractivity (Wildman–Crippen MR) is 65.2 cm³/mol. The number of hydrogen-bond acceptors (Lipinski definition) is 5. The van der Waals surface area contributed by atoms with Crippen LogP contribution in [0, 0.1) is 0 Å². The van der Waals surface area contributed by atoms with E-state index in [0.29, 0.717) is 18.4 Å². The van der Waals surface area contributed by atoms with Gasteiger partial charge in [-0.1, -0.05) is 13.8 Å². The van der Waals surface area contributed by atoms with Gasteiger partial charge in [-0.25, -0.2) is 5.84 Å². The fraction of sp³-hybridized carbons (Fsp3) is 0.800. The van der Waals surface area contributed by atoms with Gasteiger partial charge in [0.1, 0.15) is 5.82 Å². The van der Waals surface area contributed by atoms with Crippen LogP contribution in [0.5, 0.6) is 0 Å². The zero-order valence-electron chi connectivity index (χ0n) is 10.6. The Morgan fingerprint density at radius 3 is 2.62 bits per heavy atom. The van der Waals surface area contributed by atoms with Gasteiger partial charge in [0.2, 0.25) is 0 Å². The van der Waals surface area contributed by atoms with Crippen LogP contribution in [0.2, 0.25) is 0 Å². The molecular formula is C10H22N6. The van der Waals surface area contributed by atoms with Gasteiger partial charge in [0, 0.05) is 12.5 Å². The lowest BCUT2D eigenvalue weighted by Crippen LogP contribution is -2.37. The highest BCUT2D eigenvalue weighted by Crippen LogP contribution is 2.15.